The fourth-order valence-corrected chi connectivity index (χ4v) is 5.12. The highest BCUT2D eigenvalue weighted by molar-refractivity contribution is 7.91. The van der Waals surface area contributed by atoms with Crippen molar-refractivity contribution in [1.29, 1.82) is 0 Å². The lowest BCUT2D eigenvalue weighted by Crippen LogP contribution is -2.33. The maximum atomic E-state index is 11.7. The topological polar surface area (TPSA) is 75.2 Å². The van der Waals surface area contributed by atoms with E-state index >= 15 is 0 Å². The highest BCUT2D eigenvalue weighted by Crippen LogP contribution is 2.22. The number of rotatable bonds is 6. The summed E-state index contributed by atoms with van der Waals surface area (Å²) >= 11 is 0. The van der Waals surface area contributed by atoms with Crippen LogP contribution in [0.3, 0.4) is 0 Å². The van der Waals surface area contributed by atoms with Gasteiger partial charge in [0.1, 0.15) is 5.82 Å². The first-order chi connectivity index (χ1) is 11.5. The molecule has 1 fully saturated rings. The molecule has 0 amide bonds. The SMILES string of the molecule is CN(c1nccc(NCCC2=CCCCC2)n1)C1CCS(=O)(=O)C1. The van der Waals surface area contributed by atoms with E-state index in [-0.39, 0.29) is 17.5 Å². The zero-order chi connectivity index (χ0) is 17.0. The molecule has 6 nitrogen and oxygen atoms in total. The summed E-state index contributed by atoms with van der Waals surface area (Å²) in [5, 5.41) is 3.36. The van der Waals surface area contributed by atoms with Crippen LogP contribution in [0.2, 0.25) is 0 Å². The molecule has 1 N–H and O–H groups in total. The van der Waals surface area contributed by atoms with E-state index in [1.165, 1.54) is 31.3 Å². The summed E-state index contributed by atoms with van der Waals surface area (Å²) in [5.74, 6) is 1.83. The van der Waals surface area contributed by atoms with Crippen LogP contribution in [-0.4, -0.2) is 49.5 Å². The molecule has 3 rings (SSSR count). The van der Waals surface area contributed by atoms with E-state index in [1.807, 2.05) is 18.0 Å². The number of aromatic nitrogens is 2. The predicted molar refractivity (Wildman–Crippen MR) is 97.2 cm³/mol. The lowest BCUT2D eigenvalue weighted by Gasteiger charge is -2.23. The molecule has 1 atom stereocenters. The maximum absolute atomic E-state index is 11.7. The van der Waals surface area contributed by atoms with Crippen molar-refractivity contribution in [3.05, 3.63) is 23.9 Å². The lowest BCUT2D eigenvalue weighted by molar-refractivity contribution is 0.600. The summed E-state index contributed by atoms with van der Waals surface area (Å²) in [6.07, 6.45) is 10.8. The summed E-state index contributed by atoms with van der Waals surface area (Å²) in [6.45, 7) is 0.865. The van der Waals surface area contributed by atoms with Crippen molar-refractivity contribution >= 4 is 21.6 Å². The van der Waals surface area contributed by atoms with E-state index in [1.54, 1.807) is 6.20 Å². The monoisotopic (exact) mass is 350 g/mol. The fraction of sp³-hybridized carbons (Fsp3) is 0.647. The smallest absolute Gasteiger partial charge is 0.227 e. The van der Waals surface area contributed by atoms with E-state index in [0.29, 0.717) is 12.4 Å². The van der Waals surface area contributed by atoms with E-state index in [9.17, 15) is 8.42 Å². The van der Waals surface area contributed by atoms with Gasteiger partial charge in [0.2, 0.25) is 5.95 Å². The standard InChI is InChI=1S/C17H26N4O2S/c1-21(15-9-12-24(22,23)13-15)17-19-11-8-16(20-17)18-10-7-14-5-3-2-4-6-14/h5,8,11,15H,2-4,6-7,9-10,12-13H2,1H3,(H,18,19,20). The Morgan fingerprint density at radius 3 is 2.96 bits per heavy atom. The van der Waals surface area contributed by atoms with Gasteiger partial charge in [-0.1, -0.05) is 11.6 Å². The summed E-state index contributed by atoms with van der Waals surface area (Å²) in [6, 6.07) is 1.83. The third kappa shape index (κ3) is 4.47. The Morgan fingerprint density at radius 1 is 1.38 bits per heavy atom. The van der Waals surface area contributed by atoms with Crippen molar-refractivity contribution in [2.75, 3.05) is 35.3 Å². The minimum Gasteiger partial charge on any atom is -0.370 e. The first kappa shape index (κ1) is 17.2. The zero-order valence-electron chi connectivity index (χ0n) is 14.2. The summed E-state index contributed by atoms with van der Waals surface area (Å²) in [4.78, 5) is 10.7. The van der Waals surface area contributed by atoms with Crippen LogP contribution in [0.4, 0.5) is 11.8 Å². The van der Waals surface area contributed by atoms with Gasteiger partial charge < -0.3 is 10.2 Å². The van der Waals surface area contributed by atoms with E-state index in [4.69, 9.17) is 0 Å². The largest absolute Gasteiger partial charge is 0.370 e. The van der Waals surface area contributed by atoms with Crippen LogP contribution in [0.25, 0.3) is 0 Å². The second-order valence-electron chi connectivity index (χ2n) is 6.69. The van der Waals surface area contributed by atoms with Crippen LogP contribution in [0, 0.1) is 0 Å². The number of nitrogens with one attached hydrogen (secondary N) is 1. The maximum Gasteiger partial charge on any atom is 0.227 e. The van der Waals surface area contributed by atoms with Gasteiger partial charge >= 0.3 is 0 Å². The molecule has 7 heteroatoms. The van der Waals surface area contributed by atoms with Gasteiger partial charge in [-0.3, -0.25) is 0 Å². The molecular formula is C17H26N4O2S. The predicted octanol–water partition coefficient (Wildman–Crippen LogP) is 2.40. The van der Waals surface area contributed by atoms with Crippen LogP contribution >= 0.6 is 0 Å². The Balaban J connectivity index is 1.56. The number of hydrogen-bond donors (Lipinski definition) is 1. The molecule has 2 heterocycles. The molecule has 132 valence electrons. The van der Waals surface area contributed by atoms with Crippen LogP contribution in [0.1, 0.15) is 38.5 Å². The lowest BCUT2D eigenvalue weighted by atomic mass is 9.97. The number of allylic oxidation sites excluding steroid dienone is 1. The van der Waals surface area contributed by atoms with Gasteiger partial charge in [0.15, 0.2) is 9.84 Å². The average Bonchev–Trinajstić information content (AvgIpc) is 2.95. The van der Waals surface area contributed by atoms with Gasteiger partial charge in [-0.05, 0) is 44.6 Å². The van der Waals surface area contributed by atoms with Crippen LogP contribution in [0.5, 0.6) is 0 Å². The fourth-order valence-electron chi connectivity index (χ4n) is 3.34. The van der Waals surface area contributed by atoms with E-state index < -0.39 is 9.84 Å². The molecule has 1 unspecified atom stereocenters. The quantitative estimate of drug-likeness (QED) is 0.794. The Bertz CT molecular complexity index is 702. The summed E-state index contributed by atoms with van der Waals surface area (Å²) in [5.41, 5.74) is 1.54. The molecule has 1 aliphatic carbocycles. The van der Waals surface area contributed by atoms with Gasteiger partial charge in [0.25, 0.3) is 0 Å². The molecule has 1 saturated heterocycles. The summed E-state index contributed by atoms with van der Waals surface area (Å²) < 4.78 is 23.3. The van der Waals surface area contributed by atoms with E-state index in [0.717, 1.165) is 18.8 Å². The van der Waals surface area contributed by atoms with Gasteiger partial charge in [-0.25, -0.2) is 13.4 Å². The first-order valence-electron chi connectivity index (χ1n) is 8.71. The Hall–Kier alpha value is -1.63. The normalized spacial score (nSPS) is 22.9. The third-order valence-electron chi connectivity index (χ3n) is 4.85. The molecule has 0 radical (unpaired) electrons. The Labute approximate surface area is 144 Å². The Kier molecular flexibility index (Phi) is 5.38. The van der Waals surface area contributed by atoms with Crippen LogP contribution in [0.15, 0.2) is 23.9 Å². The minimum atomic E-state index is -2.90. The molecule has 1 aromatic rings. The number of hydrogen-bond acceptors (Lipinski definition) is 6. The van der Waals surface area contributed by atoms with Crippen molar-refractivity contribution in [1.82, 2.24) is 9.97 Å². The molecule has 1 aliphatic heterocycles. The average molecular weight is 350 g/mol. The highest BCUT2D eigenvalue weighted by Gasteiger charge is 2.31. The minimum absolute atomic E-state index is 0.0300. The van der Waals surface area contributed by atoms with Crippen molar-refractivity contribution in [3.8, 4) is 0 Å². The number of sulfone groups is 1. The van der Waals surface area contributed by atoms with Crippen LogP contribution in [-0.2, 0) is 9.84 Å². The van der Waals surface area contributed by atoms with Gasteiger partial charge in [0.05, 0.1) is 11.5 Å². The molecule has 0 bridgehead atoms. The summed E-state index contributed by atoms with van der Waals surface area (Å²) in [7, 11) is -1.03. The molecule has 0 spiro atoms. The molecule has 1 aromatic heterocycles. The first-order valence-corrected chi connectivity index (χ1v) is 10.5. The van der Waals surface area contributed by atoms with Gasteiger partial charge in [0, 0.05) is 25.8 Å². The van der Waals surface area contributed by atoms with Gasteiger partial charge in [-0.2, -0.15) is 4.98 Å². The molecule has 0 aromatic carbocycles. The van der Waals surface area contributed by atoms with E-state index in [2.05, 4.69) is 21.4 Å². The molecular weight excluding hydrogens is 324 g/mol. The molecule has 24 heavy (non-hydrogen) atoms. The number of anilines is 2. The van der Waals surface area contributed by atoms with Crippen LogP contribution < -0.4 is 10.2 Å². The van der Waals surface area contributed by atoms with Crippen molar-refractivity contribution in [2.24, 2.45) is 0 Å². The highest BCUT2D eigenvalue weighted by atomic mass is 32.2. The number of nitrogens with zero attached hydrogens (tertiary/aromatic N) is 3. The Morgan fingerprint density at radius 2 is 2.25 bits per heavy atom. The second kappa shape index (κ2) is 7.51. The van der Waals surface area contributed by atoms with Crippen molar-refractivity contribution in [2.45, 2.75) is 44.6 Å². The second-order valence-corrected chi connectivity index (χ2v) is 8.92. The third-order valence-corrected chi connectivity index (χ3v) is 6.60. The molecule has 2 aliphatic rings. The zero-order valence-corrected chi connectivity index (χ0v) is 15.1. The van der Waals surface area contributed by atoms with Crippen molar-refractivity contribution in [3.63, 3.8) is 0 Å². The molecule has 0 saturated carbocycles. The van der Waals surface area contributed by atoms with Crippen molar-refractivity contribution < 1.29 is 8.42 Å². The van der Waals surface area contributed by atoms with Gasteiger partial charge in [-0.15, -0.1) is 0 Å².